The lowest BCUT2D eigenvalue weighted by Crippen LogP contribution is -2.39. The number of nitrogens with two attached hydrogens (primary N) is 1. The molecule has 8 nitrogen and oxygen atoms in total. The van der Waals surface area contributed by atoms with Crippen LogP contribution < -0.4 is 16.0 Å². The van der Waals surface area contributed by atoms with Crippen LogP contribution in [0.2, 0.25) is 0 Å². The van der Waals surface area contributed by atoms with Crippen molar-refractivity contribution in [3.63, 3.8) is 0 Å². The Bertz CT molecular complexity index is 856. The molecule has 2 aromatic heterocycles. The molecule has 1 saturated heterocycles. The minimum Gasteiger partial charge on any atom is -0.469 e. The second-order valence-corrected chi connectivity index (χ2v) is 7.17. The number of aromatic nitrogens is 3. The number of anilines is 1. The molecular weight excluding hydrogens is 356 g/mol. The second-order valence-electron chi connectivity index (χ2n) is 7.17. The number of nitrogens with zero attached hydrogens (tertiary/aromatic N) is 3. The van der Waals surface area contributed by atoms with Crippen LogP contribution in [0.15, 0.2) is 30.6 Å². The zero-order valence-corrected chi connectivity index (χ0v) is 16.2. The van der Waals surface area contributed by atoms with Gasteiger partial charge in [-0.15, -0.1) is 0 Å². The molecule has 1 saturated carbocycles. The fourth-order valence-corrected chi connectivity index (χ4v) is 3.22. The first-order valence-electron chi connectivity index (χ1n) is 9.69. The van der Waals surface area contributed by atoms with Gasteiger partial charge in [-0.3, -0.25) is 15.4 Å². The molecule has 1 aliphatic heterocycles. The molecule has 150 valence electrons. The Hall–Kier alpha value is -2.74. The molecule has 0 atom stereocenters. The van der Waals surface area contributed by atoms with Crippen LogP contribution in [0.4, 0.5) is 5.95 Å². The third-order valence-corrected chi connectivity index (χ3v) is 4.94. The molecule has 0 spiro atoms. The van der Waals surface area contributed by atoms with Crippen molar-refractivity contribution in [3.8, 4) is 5.88 Å². The summed E-state index contributed by atoms with van der Waals surface area (Å²) in [7, 11) is 0. The van der Waals surface area contributed by atoms with Gasteiger partial charge in [-0.1, -0.05) is 25.3 Å². The van der Waals surface area contributed by atoms with E-state index in [2.05, 4.69) is 9.97 Å². The predicted octanol–water partition coefficient (Wildman–Crippen LogP) is 2.52. The maximum absolute atomic E-state index is 8.11. The van der Waals surface area contributed by atoms with Crippen molar-refractivity contribution in [2.75, 3.05) is 18.9 Å². The quantitative estimate of drug-likeness (QED) is 0.554. The van der Waals surface area contributed by atoms with Crippen molar-refractivity contribution in [1.29, 1.82) is 10.8 Å². The van der Waals surface area contributed by atoms with Crippen LogP contribution in [0.3, 0.4) is 0 Å². The maximum Gasteiger partial charge on any atom is 0.223 e. The molecule has 0 aromatic carbocycles. The van der Waals surface area contributed by atoms with E-state index in [1.54, 1.807) is 16.8 Å². The van der Waals surface area contributed by atoms with Crippen LogP contribution in [0.25, 0.3) is 0 Å². The van der Waals surface area contributed by atoms with Crippen LogP contribution in [0.5, 0.6) is 5.88 Å². The monoisotopic (exact) mass is 384 g/mol. The van der Waals surface area contributed by atoms with Gasteiger partial charge in [0, 0.05) is 23.9 Å². The zero-order valence-electron chi connectivity index (χ0n) is 16.2. The van der Waals surface area contributed by atoms with E-state index in [0.717, 1.165) is 18.4 Å². The smallest absolute Gasteiger partial charge is 0.223 e. The molecule has 0 radical (unpaired) electrons. The molecule has 2 fully saturated rings. The summed E-state index contributed by atoms with van der Waals surface area (Å²) in [6, 6.07) is 5.46. The van der Waals surface area contributed by atoms with E-state index in [-0.39, 0.29) is 12.1 Å². The summed E-state index contributed by atoms with van der Waals surface area (Å²) in [5, 5.41) is 15.8. The van der Waals surface area contributed by atoms with Gasteiger partial charge in [0.2, 0.25) is 11.8 Å². The molecule has 4 N–H and O–H groups in total. The maximum atomic E-state index is 8.11. The van der Waals surface area contributed by atoms with Crippen LogP contribution in [0, 0.1) is 23.7 Å². The number of pyridine rings is 1. The standard InChI is InChI=1S/C12H17N3.C8H11N3O2/c13-11-8-4-5-9-15(11)12(14)10-6-2-1-3-7-10;1-5-2-10-8(9)11-7(5)13-6-3-12-4-6/h4-5,8-10,13-14H,1-3,6-7H2;2,6H,3-4H2,1H3,(H2,9,10,11). The Kier molecular flexibility index (Phi) is 6.76. The van der Waals surface area contributed by atoms with Crippen LogP contribution in [0.1, 0.15) is 37.7 Å². The van der Waals surface area contributed by atoms with E-state index in [1.807, 2.05) is 25.3 Å². The van der Waals surface area contributed by atoms with Crippen molar-refractivity contribution in [2.24, 2.45) is 5.92 Å². The molecule has 3 heterocycles. The Morgan fingerprint density at radius 2 is 2.00 bits per heavy atom. The minimum atomic E-state index is 0.119. The molecule has 0 unspecified atom stereocenters. The highest BCUT2D eigenvalue weighted by Gasteiger charge is 2.21. The van der Waals surface area contributed by atoms with Crippen LogP contribution >= 0.6 is 0 Å². The van der Waals surface area contributed by atoms with Crippen LogP contribution in [-0.2, 0) is 4.74 Å². The highest BCUT2D eigenvalue weighted by Crippen LogP contribution is 2.24. The molecule has 0 bridgehead atoms. The van der Waals surface area contributed by atoms with Gasteiger partial charge in [0.25, 0.3) is 0 Å². The van der Waals surface area contributed by atoms with Gasteiger partial charge in [0.15, 0.2) is 0 Å². The molecule has 28 heavy (non-hydrogen) atoms. The number of nitrogen functional groups attached to an aromatic ring is 1. The number of nitrogens with one attached hydrogen (secondary N) is 2. The zero-order chi connectivity index (χ0) is 19.9. The lowest BCUT2D eigenvalue weighted by Gasteiger charge is -2.26. The normalized spacial score (nSPS) is 17.2. The molecule has 0 amide bonds. The number of hydrogen-bond donors (Lipinski definition) is 3. The second kappa shape index (κ2) is 9.45. The molecule has 8 heteroatoms. The van der Waals surface area contributed by atoms with Crippen molar-refractivity contribution < 1.29 is 9.47 Å². The topological polar surface area (TPSA) is 123 Å². The third kappa shape index (κ3) is 5.16. The highest BCUT2D eigenvalue weighted by molar-refractivity contribution is 5.83. The van der Waals surface area contributed by atoms with Crippen molar-refractivity contribution >= 4 is 11.8 Å². The van der Waals surface area contributed by atoms with Gasteiger partial charge < -0.3 is 15.2 Å². The Morgan fingerprint density at radius 3 is 2.64 bits per heavy atom. The van der Waals surface area contributed by atoms with E-state index in [9.17, 15) is 0 Å². The van der Waals surface area contributed by atoms with Crippen molar-refractivity contribution in [2.45, 2.75) is 45.1 Å². The average Bonchev–Trinajstić information content (AvgIpc) is 2.68. The molecule has 1 aliphatic carbocycles. The van der Waals surface area contributed by atoms with Crippen molar-refractivity contribution in [3.05, 3.63) is 41.6 Å². The first-order chi connectivity index (χ1) is 13.5. The predicted molar refractivity (Wildman–Crippen MR) is 106 cm³/mol. The third-order valence-electron chi connectivity index (χ3n) is 4.94. The largest absolute Gasteiger partial charge is 0.469 e. The van der Waals surface area contributed by atoms with E-state index < -0.39 is 0 Å². The van der Waals surface area contributed by atoms with E-state index in [0.29, 0.717) is 36.3 Å². The first-order valence-corrected chi connectivity index (χ1v) is 9.69. The summed E-state index contributed by atoms with van der Waals surface area (Å²) in [4.78, 5) is 7.83. The Labute approximate surface area is 164 Å². The lowest BCUT2D eigenvalue weighted by atomic mass is 9.88. The summed E-state index contributed by atoms with van der Waals surface area (Å²) in [5.41, 5.74) is 6.73. The highest BCUT2D eigenvalue weighted by atomic mass is 16.6. The molecular formula is C20H28N6O2. The average molecular weight is 384 g/mol. The van der Waals surface area contributed by atoms with Gasteiger partial charge in [0.1, 0.15) is 17.4 Å². The van der Waals surface area contributed by atoms with E-state index >= 15 is 0 Å². The van der Waals surface area contributed by atoms with E-state index in [1.165, 1.54) is 19.3 Å². The van der Waals surface area contributed by atoms with Gasteiger partial charge in [-0.2, -0.15) is 4.98 Å². The van der Waals surface area contributed by atoms with Gasteiger partial charge >= 0.3 is 0 Å². The fourth-order valence-electron chi connectivity index (χ4n) is 3.22. The number of ether oxygens (including phenoxy) is 2. The van der Waals surface area contributed by atoms with Gasteiger partial charge in [-0.05, 0) is 31.9 Å². The Morgan fingerprint density at radius 1 is 1.25 bits per heavy atom. The molecule has 4 rings (SSSR count). The van der Waals surface area contributed by atoms with Gasteiger partial charge in [0.05, 0.1) is 13.2 Å². The van der Waals surface area contributed by atoms with Crippen molar-refractivity contribution in [1.82, 2.24) is 14.5 Å². The number of rotatable bonds is 3. The van der Waals surface area contributed by atoms with Crippen LogP contribution in [-0.4, -0.2) is 39.7 Å². The Balaban J connectivity index is 0.000000162. The summed E-state index contributed by atoms with van der Waals surface area (Å²) in [6.07, 6.45) is 9.57. The lowest BCUT2D eigenvalue weighted by molar-refractivity contribution is -0.0815. The summed E-state index contributed by atoms with van der Waals surface area (Å²) in [6.45, 7) is 3.14. The fraction of sp³-hybridized carbons (Fsp3) is 0.500. The molecule has 2 aliphatic rings. The summed E-state index contributed by atoms with van der Waals surface area (Å²) >= 11 is 0. The van der Waals surface area contributed by atoms with Gasteiger partial charge in [-0.25, -0.2) is 4.98 Å². The first kappa shape index (κ1) is 20.0. The summed E-state index contributed by atoms with van der Waals surface area (Å²) in [5.74, 6) is 1.75. The summed E-state index contributed by atoms with van der Waals surface area (Å²) < 4.78 is 12.2. The SMILES string of the molecule is Cc1cnc(N)nc1OC1COC1.N=C(C1CCCCC1)n1ccccc1=N. The minimum absolute atomic E-state index is 0.119. The van der Waals surface area contributed by atoms with E-state index in [4.69, 9.17) is 26.0 Å². The number of hydrogen-bond acceptors (Lipinski definition) is 7. The number of aryl methyl sites for hydroxylation is 1. The molecule has 2 aromatic rings.